The number of thiophene rings is 1. The fourth-order valence-electron chi connectivity index (χ4n) is 1.03. The molecule has 0 saturated heterocycles. The van der Waals surface area contributed by atoms with Crippen molar-refractivity contribution in [3.05, 3.63) is 20.8 Å². The Morgan fingerprint density at radius 2 is 2.21 bits per heavy atom. The number of halogens is 1. The van der Waals surface area contributed by atoms with Crippen LogP contribution in [0.3, 0.4) is 0 Å². The van der Waals surface area contributed by atoms with E-state index in [0.717, 1.165) is 13.1 Å². The van der Waals surface area contributed by atoms with E-state index in [-0.39, 0.29) is 5.54 Å². The molecule has 0 atom stereocenters. The van der Waals surface area contributed by atoms with Crippen molar-refractivity contribution in [2.75, 3.05) is 13.6 Å². The van der Waals surface area contributed by atoms with Crippen LogP contribution in [0.1, 0.15) is 18.7 Å². The lowest BCUT2D eigenvalue weighted by Gasteiger charge is -2.24. The fraction of sp³-hybridized carbons (Fsp3) is 0.600. The lowest BCUT2D eigenvalue weighted by atomic mass is 10.1. The van der Waals surface area contributed by atoms with Gasteiger partial charge in [-0.1, -0.05) is 0 Å². The molecule has 14 heavy (non-hydrogen) atoms. The normalized spacial score (nSPS) is 12.0. The number of rotatable bonds is 5. The van der Waals surface area contributed by atoms with Gasteiger partial charge in [-0.2, -0.15) is 0 Å². The molecule has 80 valence electrons. The van der Waals surface area contributed by atoms with Crippen LogP contribution in [0.2, 0.25) is 0 Å². The van der Waals surface area contributed by atoms with Gasteiger partial charge in [0.25, 0.3) is 0 Å². The molecule has 0 spiro atoms. The number of likely N-dealkylation sites (N-methyl/N-ethyl adjacent to an activating group) is 1. The topological polar surface area (TPSA) is 24.1 Å². The van der Waals surface area contributed by atoms with Gasteiger partial charge in [0, 0.05) is 33.4 Å². The lowest BCUT2D eigenvalue weighted by Crippen LogP contribution is -2.45. The second kappa shape index (κ2) is 5.26. The Balaban J connectivity index is 2.28. The first kappa shape index (κ1) is 12.2. The van der Waals surface area contributed by atoms with E-state index < -0.39 is 0 Å². The Morgan fingerprint density at radius 1 is 1.50 bits per heavy atom. The van der Waals surface area contributed by atoms with Gasteiger partial charge in [-0.25, -0.2) is 0 Å². The summed E-state index contributed by atoms with van der Waals surface area (Å²) in [6.45, 7) is 6.29. The zero-order chi connectivity index (χ0) is 10.6. The molecule has 1 aromatic rings. The maximum atomic E-state index is 3.45. The molecule has 2 N–H and O–H groups in total. The monoisotopic (exact) mass is 276 g/mol. The first-order valence-electron chi connectivity index (χ1n) is 4.66. The van der Waals surface area contributed by atoms with Crippen LogP contribution < -0.4 is 10.6 Å². The van der Waals surface area contributed by atoms with E-state index >= 15 is 0 Å². The standard InChI is InChI=1S/C10H17BrN2S/c1-10(2,12-3)7-13-5-9-4-8(11)6-14-9/h4,6,12-13H,5,7H2,1-3H3. The summed E-state index contributed by atoms with van der Waals surface area (Å²) in [6.07, 6.45) is 0. The van der Waals surface area contributed by atoms with Gasteiger partial charge in [-0.15, -0.1) is 11.3 Å². The third-order valence-electron chi connectivity index (χ3n) is 2.16. The van der Waals surface area contributed by atoms with E-state index in [2.05, 4.69) is 51.9 Å². The maximum Gasteiger partial charge on any atom is 0.0300 e. The first-order chi connectivity index (χ1) is 6.53. The van der Waals surface area contributed by atoms with Gasteiger partial charge in [0.05, 0.1) is 0 Å². The summed E-state index contributed by atoms with van der Waals surface area (Å²) in [5.74, 6) is 0. The minimum Gasteiger partial charge on any atom is -0.314 e. The van der Waals surface area contributed by atoms with Crippen LogP contribution in [0, 0.1) is 0 Å². The molecule has 0 aromatic carbocycles. The molecule has 1 heterocycles. The highest BCUT2D eigenvalue weighted by molar-refractivity contribution is 9.10. The van der Waals surface area contributed by atoms with Gasteiger partial charge in [-0.05, 0) is 42.9 Å². The summed E-state index contributed by atoms with van der Waals surface area (Å²) < 4.78 is 1.17. The van der Waals surface area contributed by atoms with Gasteiger partial charge < -0.3 is 10.6 Å². The average molecular weight is 277 g/mol. The molecule has 0 radical (unpaired) electrons. The smallest absolute Gasteiger partial charge is 0.0300 e. The minimum atomic E-state index is 0.161. The van der Waals surface area contributed by atoms with Crippen molar-refractivity contribution in [1.82, 2.24) is 10.6 Å². The van der Waals surface area contributed by atoms with Crippen LogP contribution >= 0.6 is 27.3 Å². The molecule has 0 unspecified atom stereocenters. The quantitative estimate of drug-likeness (QED) is 0.864. The highest BCUT2D eigenvalue weighted by Crippen LogP contribution is 2.19. The molecule has 0 aliphatic carbocycles. The Bertz CT molecular complexity index is 283. The first-order valence-corrected chi connectivity index (χ1v) is 6.33. The van der Waals surface area contributed by atoms with Crippen molar-refractivity contribution in [2.45, 2.75) is 25.9 Å². The van der Waals surface area contributed by atoms with Crippen molar-refractivity contribution in [2.24, 2.45) is 0 Å². The van der Waals surface area contributed by atoms with Gasteiger partial charge in [-0.3, -0.25) is 0 Å². The SMILES string of the molecule is CNC(C)(C)CNCc1cc(Br)cs1. The van der Waals surface area contributed by atoms with Gasteiger partial charge in [0.15, 0.2) is 0 Å². The third-order valence-corrected chi connectivity index (χ3v) is 3.86. The number of hydrogen-bond acceptors (Lipinski definition) is 3. The van der Waals surface area contributed by atoms with Crippen molar-refractivity contribution in [3.63, 3.8) is 0 Å². The molecular formula is C10H17BrN2S. The van der Waals surface area contributed by atoms with E-state index in [0.29, 0.717) is 0 Å². The Morgan fingerprint density at radius 3 is 2.71 bits per heavy atom. The fourth-order valence-corrected chi connectivity index (χ4v) is 2.45. The van der Waals surface area contributed by atoms with Crippen molar-refractivity contribution >= 4 is 27.3 Å². The molecular weight excluding hydrogens is 260 g/mol. The van der Waals surface area contributed by atoms with Crippen molar-refractivity contribution in [3.8, 4) is 0 Å². The van der Waals surface area contributed by atoms with Gasteiger partial charge >= 0.3 is 0 Å². The lowest BCUT2D eigenvalue weighted by molar-refractivity contribution is 0.394. The Kier molecular flexibility index (Phi) is 4.57. The predicted octanol–water partition coefficient (Wildman–Crippen LogP) is 2.60. The molecule has 0 bridgehead atoms. The summed E-state index contributed by atoms with van der Waals surface area (Å²) in [5, 5.41) is 8.81. The summed E-state index contributed by atoms with van der Waals surface area (Å²) in [7, 11) is 1.99. The Hall–Kier alpha value is 0.1000. The highest BCUT2D eigenvalue weighted by atomic mass is 79.9. The largest absolute Gasteiger partial charge is 0.314 e. The molecule has 0 amide bonds. The van der Waals surface area contributed by atoms with Crippen LogP contribution in [0.4, 0.5) is 0 Å². The second-order valence-corrected chi connectivity index (χ2v) is 5.88. The third kappa shape index (κ3) is 4.09. The molecule has 0 aliphatic rings. The summed E-state index contributed by atoms with van der Waals surface area (Å²) in [6, 6.07) is 2.16. The molecule has 0 aliphatic heterocycles. The molecule has 1 rings (SSSR count). The van der Waals surface area contributed by atoms with Gasteiger partial charge in [0.1, 0.15) is 0 Å². The van der Waals surface area contributed by atoms with Crippen LogP contribution in [-0.2, 0) is 6.54 Å². The van der Waals surface area contributed by atoms with E-state index in [1.165, 1.54) is 9.35 Å². The van der Waals surface area contributed by atoms with E-state index in [1.54, 1.807) is 11.3 Å². The molecule has 2 nitrogen and oxygen atoms in total. The van der Waals surface area contributed by atoms with Crippen LogP contribution in [0.5, 0.6) is 0 Å². The zero-order valence-electron chi connectivity index (χ0n) is 8.86. The summed E-state index contributed by atoms with van der Waals surface area (Å²) in [5.41, 5.74) is 0.161. The highest BCUT2D eigenvalue weighted by Gasteiger charge is 2.13. The van der Waals surface area contributed by atoms with Crippen molar-refractivity contribution in [1.29, 1.82) is 0 Å². The zero-order valence-corrected chi connectivity index (χ0v) is 11.3. The summed E-state index contributed by atoms with van der Waals surface area (Å²) >= 11 is 5.23. The van der Waals surface area contributed by atoms with E-state index in [1.807, 2.05) is 7.05 Å². The van der Waals surface area contributed by atoms with Crippen molar-refractivity contribution < 1.29 is 0 Å². The van der Waals surface area contributed by atoms with E-state index in [4.69, 9.17) is 0 Å². The molecule has 1 aromatic heterocycles. The number of nitrogens with one attached hydrogen (secondary N) is 2. The van der Waals surface area contributed by atoms with E-state index in [9.17, 15) is 0 Å². The molecule has 0 saturated carbocycles. The molecule has 4 heteroatoms. The number of hydrogen-bond donors (Lipinski definition) is 2. The van der Waals surface area contributed by atoms with Crippen LogP contribution in [0.25, 0.3) is 0 Å². The van der Waals surface area contributed by atoms with Crippen LogP contribution in [0.15, 0.2) is 15.9 Å². The average Bonchev–Trinajstić information content (AvgIpc) is 2.51. The molecule has 0 fully saturated rings. The predicted molar refractivity (Wildman–Crippen MR) is 66.9 cm³/mol. The van der Waals surface area contributed by atoms with Crippen LogP contribution in [-0.4, -0.2) is 19.1 Å². The minimum absolute atomic E-state index is 0.161. The summed E-state index contributed by atoms with van der Waals surface area (Å²) in [4.78, 5) is 1.36. The maximum absolute atomic E-state index is 3.45. The van der Waals surface area contributed by atoms with Gasteiger partial charge in [0.2, 0.25) is 0 Å². The second-order valence-electron chi connectivity index (χ2n) is 3.97. The Labute approximate surface area is 98.2 Å².